The maximum absolute atomic E-state index is 12.3. The van der Waals surface area contributed by atoms with Gasteiger partial charge in [0.05, 0.1) is 13.2 Å². The van der Waals surface area contributed by atoms with E-state index in [0.29, 0.717) is 4.57 Å². The summed E-state index contributed by atoms with van der Waals surface area (Å²) in [6, 6.07) is -0.914. The molecular weight excluding hydrogens is 638 g/mol. The molecular formula is C18H25N3Na2O17P2. The molecule has 0 saturated carbocycles. The summed E-state index contributed by atoms with van der Waals surface area (Å²) in [7, 11) is -11.8. The maximum Gasteiger partial charge on any atom is 1.00 e. The number of phosphoric acid groups is 2. The third-order valence-electron chi connectivity index (χ3n) is 5.67. The molecule has 1 aromatic heterocycles. The Morgan fingerprint density at radius 2 is 1.69 bits per heavy atom. The topological polar surface area (TPSA) is 312 Å². The molecule has 24 heteroatoms. The van der Waals surface area contributed by atoms with Crippen LogP contribution in [-0.4, -0.2) is 103 Å². The second-order valence-corrected chi connectivity index (χ2v) is 11.3. The normalized spacial score (nSPS) is 33.7. The zero-order valence-corrected chi connectivity index (χ0v) is 27.8. The van der Waals surface area contributed by atoms with E-state index in [1.807, 2.05) is 10.3 Å². The van der Waals surface area contributed by atoms with Gasteiger partial charge in [0.25, 0.3) is 21.2 Å². The number of hydrogen-bond donors (Lipinski definition) is 7. The van der Waals surface area contributed by atoms with Crippen LogP contribution in [0.3, 0.4) is 0 Å². The van der Waals surface area contributed by atoms with Crippen LogP contribution in [0.4, 0.5) is 0 Å². The number of rotatable bonds is 11. The van der Waals surface area contributed by atoms with E-state index in [1.165, 1.54) is 0 Å². The number of aromatic nitrogens is 2. The molecule has 0 aliphatic carbocycles. The third-order valence-corrected chi connectivity index (χ3v) is 8.20. The number of H-pyrrole nitrogens is 1. The van der Waals surface area contributed by atoms with Crippen LogP contribution in [-0.2, 0) is 36.8 Å². The molecule has 1 amide bonds. The smallest absolute Gasteiger partial charge is 0.756 e. The number of ether oxygens (including phenoxy) is 2. The summed E-state index contributed by atoms with van der Waals surface area (Å²) in [6.45, 7) is 1.07. The Labute approximate surface area is 280 Å². The van der Waals surface area contributed by atoms with Crippen molar-refractivity contribution in [3.8, 4) is 0 Å². The summed E-state index contributed by atoms with van der Waals surface area (Å²) in [5.74, 6) is -0.977. The number of nitrogens with zero attached hydrogens (tertiary/aromatic N) is 1. The van der Waals surface area contributed by atoms with Crippen LogP contribution in [0.1, 0.15) is 6.23 Å². The van der Waals surface area contributed by atoms with Crippen LogP contribution in [0.15, 0.2) is 34.5 Å². The van der Waals surface area contributed by atoms with Crippen LogP contribution in [0.5, 0.6) is 0 Å². The number of aromatic amines is 1. The van der Waals surface area contributed by atoms with Gasteiger partial charge >= 0.3 is 64.8 Å². The molecule has 2 aliphatic heterocycles. The van der Waals surface area contributed by atoms with Crippen LogP contribution in [0.2, 0.25) is 0 Å². The van der Waals surface area contributed by atoms with Crippen molar-refractivity contribution >= 4 is 21.6 Å². The Bertz CT molecular complexity index is 1300. The fourth-order valence-electron chi connectivity index (χ4n) is 3.73. The molecule has 2 aliphatic rings. The molecule has 0 spiro atoms. The van der Waals surface area contributed by atoms with E-state index in [9.17, 15) is 58.8 Å². The average Bonchev–Trinajstić information content (AvgIpc) is 3.14. The first-order chi connectivity index (χ1) is 18.6. The van der Waals surface area contributed by atoms with Crippen LogP contribution in [0.25, 0.3) is 0 Å². The second kappa shape index (κ2) is 16.4. The molecule has 3 rings (SSSR count). The first-order valence-corrected chi connectivity index (χ1v) is 14.1. The standard InChI is InChI=1S/C18H27N3O17P2.2Na/c1-2-9(23)19-11-14(27)12(25)7(5-22)36-17(11)37-40(32,33)38-39(30,31)34-6-8-13(26)15(28)16(35-8)21-4-3-10(24)20-18(21)29;;/h2-4,7-8,11-17,22,25-28H,1,5-6H2,(H,19,23)(H,30,31)(H,32,33)(H,20,24,29);;/q;2*+1/p-2/t7-,8-,11-,12-,13-,14-,15-,16-,17-;;/m1../s1. The number of carbonyl (C=O) groups excluding carboxylic acids is 1. The van der Waals surface area contributed by atoms with Gasteiger partial charge in [-0.1, -0.05) is 6.58 Å². The van der Waals surface area contributed by atoms with Gasteiger partial charge in [0.1, 0.15) is 42.7 Å². The molecule has 2 saturated heterocycles. The van der Waals surface area contributed by atoms with Crippen LogP contribution in [0, 0.1) is 0 Å². The van der Waals surface area contributed by atoms with E-state index in [4.69, 9.17) is 9.47 Å². The minimum Gasteiger partial charge on any atom is -0.756 e. The predicted octanol–water partition coefficient (Wildman–Crippen LogP) is -11.7. The van der Waals surface area contributed by atoms with E-state index < -0.39 is 101 Å². The number of hydrogen-bond acceptors (Lipinski definition) is 17. The van der Waals surface area contributed by atoms with Crippen molar-refractivity contribution in [2.24, 2.45) is 0 Å². The van der Waals surface area contributed by atoms with E-state index in [0.717, 1.165) is 18.3 Å². The Kier molecular flexibility index (Phi) is 15.6. The molecule has 7 N–H and O–H groups in total. The Hall–Kier alpha value is -0.130. The molecule has 11 atom stereocenters. The fraction of sp³-hybridized carbons (Fsp3) is 0.611. The number of carbonyl (C=O) groups is 1. The second-order valence-electron chi connectivity index (χ2n) is 8.39. The van der Waals surface area contributed by atoms with Crippen molar-refractivity contribution in [3.63, 3.8) is 0 Å². The molecule has 2 fully saturated rings. The minimum absolute atomic E-state index is 0. The molecule has 2 unspecified atom stereocenters. The minimum atomic E-state index is -5.97. The van der Waals surface area contributed by atoms with E-state index in [-0.39, 0.29) is 59.1 Å². The van der Waals surface area contributed by atoms with E-state index >= 15 is 0 Å². The predicted molar refractivity (Wildman–Crippen MR) is 120 cm³/mol. The van der Waals surface area contributed by atoms with Gasteiger partial charge in [0, 0.05) is 12.3 Å². The van der Waals surface area contributed by atoms with Crippen LogP contribution >= 0.6 is 15.6 Å². The molecule has 0 aromatic carbocycles. The molecule has 3 heterocycles. The molecule has 0 bridgehead atoms. The van der Waals surface area contributed by atoms with Crippen molar-refractivity contribution < 1.29 is 131 Å². The Morgan fingerprint density at radius 1 is 1.07 bits per heavy atom. The van der Waals surface area contributed by atoms with Gasteiger partial charge < -0.3 is 54.6 Å². The number of aliphatic hydroxyl groups excluding tert-OH is 5. The van der Waals surface area contributed by atoms with Crippen molar-refractivity contribution in [1.29, 1.82) is 0 Å². The maximum atomic E-state index is 12.3. The fourth-order valence-corrected chi connectivity index (χ4v) is 5.82. The Balaban J connectivity index is 0.00000441. The van der Waals surface area contributed by atoms with Gasteiger partial charge in [-0.25, -0.2) is 9.11 Å². The van der Waals surface area contributed by atoms with Gasteiger partial charge in [-0.3, -0.25) is 32.8 Å². The van der Waals surface area contributed by atoms with Crippen molar-refractivity contribution in [2.75, 3.05) is 13.2 Å². The van der Waals surface area contributed by atoms with Crippen molar-refractivity contribution in [2.45, 2.75) is 55.2 Å². The zero-order valence-electron chi connectivity index (χ0n) is 22.0. The number of amides is 1. The third kappa shape index (κ3) is 9.93. The van der Waals surface area contributed by atoms with Crippen molar-refractivity contribution in [1.82, 2.24) is 14.9 Å². The molecule has 226 valence electrons. The molecule has 0 radical (unpaired) electrons. The number of aliphatic hydroxyl groups is 5. The van der Waals surface area contributed by atoms with E-state index in [1.54, 1.807) is 0 Å². The summed E-state index contributed by atoms with van der Waals surface area (Å²) in [6.07, 6.45) is -12.9. The quantitative estimate of drug-likeness (QED) is 0.0656. The summed E-state index contributed by atoms with van der Waals surface area (Å²) in [5, 5.41) is 51.9. The summed E-state index contributed by atoms with van der Waals surface area (Å²) >= 11 is 0. The first kappa shape index (κ1) is 39.9. The van der Waals surface area contributed by atoms with Gasteiger partial charge in [-0.05, 0) is 6.08 Å². The SMILES string of the molecule is C=CC(=O)N[C@H]1[C@@H](OP(=O)([O-])OP(=O)([O-])OC[C@H]2O[C@@H](n3ccc(=O)[nH]c3=O)[C@H](O)[C@@H]2O)O[C@H](CO)[C@@H](O)[C@@H]1O.[Na+].[Na+]. The summed E-state index contributed by atoms with van der Waals surface area (Å²) in [4.78, 5) is 61.2. The summed E-state index contributed by atoms with van der Waals surface area (Å²) in [5.41, 5.74) is -1.80. The zero-order chi connectivity index (χ0) is 30.0. The number of phosphoric ester groups is 2. The van der Waals surface area contributed by atoms with E-state index in [2.05, 4.69) is 19.9 Å². The molecule has 1 aromatic rings. The molecule has 42 heavy (non-hydrogen) atoms. The van der Waals surface area contributed by atoms with Gasteiger partial charge in [-0.2, -0.15) is 0 Å². The van der Waals surface area contributed by atoms with Gasteiger partial charge in [0.2, 0.25) is 5.91 Å². The molecule has 20 nitrogen and oxygen atoms in total. The summed E-state index contributed by atoms with van der Waals surface area (Å²) < 4.78 is 48.3. The monoisotopic (exact) mass is 663 g/mol. The Morgan fingerprint density at radius 3 is 2.26 bits per heavy atom. The first-order valence-electron chi connectivity index (χ1n) is 11.1. The average molecular weight is 663 g/mol. The largest absolute Gasteiger partial charge is 1.00 e. The number of nitrogens with one attached hydrogen (secondary N) is 2. The van der Waals surface area contributed by atoms with Gasteiger partial charge in [-0.15, -0.1) is 0 Å². The van der Waals surface area contributed by atoms with Crippen molar-refractivity contribution in [3.05, 3.63) is 45.8 Å². The van der Waals surface area contributed by atoms with Gasteiger partial charge in [0.15, 0.2) is 12.5 Å². The van der Waals surface area contributed by atoms with Crippen LogP contribution < -0.4 is 85.5 Å².